The Bertz CT molecular complexity index is 861. The van der Waals surface area contributed by atoms with E-state index < -0.39 is 6.61 Å². The van der Waals surface area contributed by atoms with E-state index in [-0.39, 0.29) is 30.4 Å². The van der Waals surface area contributed by atoms with Crippen LogP contribution in [-0.2, 0) is 11.2 Å². The summed E-state index contributed by atoms with van der Waals surface area (Å²) < 4.78 is 11.1. The van der Waals surface area contributed by atoms with E-state index in [9.17, 15) is 9.90 Å². The van der Waals surface area contributed by atoms with Crippen LogP contribution in [0.1, 0.15) is 22.7 Å². The average molecular weight is 419 g/mol. The lowest BCUT2D eigenvalue weighted by Crippen LogP contribution is -2.58. The molecule has 0 aromatic heterocycles. The van der Waals surface area contributed by atoms with Crippen molar-refractivity contribution in [2.45, 2.75) is 18.5 Å². The minimum Gasteiger partial charge on any atom is -0.493 e. The van der Waals surface area contributed by atoms with E-state index in [0.29, 0.717) is 13.1 Å². The van der Waals surface area contributed by atoms with E-state index in [1.165, 1.54) is 16.7 Å². The third-order valence-corrected chi connectivity index (χ3v) is 5.86. The van der Waals surface area contributed by atoms with Crippen molar-refractivity contribution < 1.29 is 19.4 Å². The summed E-state index contributed by atoms with van der Waals surface area (Å²) in [7, 11) is 3.31. The number of aliphatic hydroxyl groups excluding tert-OH is 1. The highest BCUT2D eigenvalue weighted by molar-refractivity contribution is 5.85. The molecule has 2 aromatic rings. The van der Waals surface area contributed by atoms with Gasteiger partial charge in [0, 0.05) is 25.7 Å². The summed E-state index contributed by atoms with van der Waals surface area (Å²) in [4.78, 5) is 16.3. The number of carbonyl (C=O) groups excluding carboxylic acids is 1. The molecule has 1 saturated heterocycles. The molecule has 0 aliphatic carbocycles. The predicted molar refractivity (Wildman–Crippen MR) is 113 cm³/mol. The fourth-order valence-corrected chi connectivity index (χ4v) is 4.52. The third-order valence-electron chi connectivity index (χ3n) is 5.86. The van der Waals surface area contributed by atoms with Crippen molar-refractivity contribution in [1.82, 2.24) is 9.80 Å². The van der Waals surface area contributed by atoms with Gasteiger partial charge in [-0.15, -0.1) is 12.4 Å². The van der Waals surface area contributed by atoms with Gasteiger partial charge in [-0.2, -0.15) is 0 Å². The minimum absolute atomic E-state index is 0. The molecule has 0 radical (unpaired) electrons. The van der Waals surface area contributed by atoms with Crippen LogP contribution in [0, 0.1) is 0 Å². The summed E-state index contributed by atoms with van der Waals surface area (Å²) in [6, 6.07) is 14.9. The number of halogens is 1. The van der Waals surface area contributed by atoms with Crippen LogP contribution in [0.4, 0.5) is 0 Å². The maximum atomic E-state index is 12.0. The van der Waals surface area contributed by atoms with Crippen LogP contribution in [0.5, 0.6) is 11.5 Å². The number of benzene rings is 2. The molecule has 2 aromatic carbocycles. The second-order valence-electron chi connectivity index (χ2n) is 7.31. The van der Waals surface area contributed by atoms with Crippen LogP contribution in [0.15, 0.2) is 42.5 Å². The van der Waals surface area contributed by atoms with Crippen molar-refractivity contribution in [3.8, 4) is 11.5 Å². The van der Waals surface area contributed by atoms with E-state index >= 15 is 0 Å². The molecular formula is C22H27ClN2O4. The zero-order chi connectivity index (χ0) is 19.7. The van der Waals surface area contributed by atoms with Gasteiger partial charge in [-0.3, -0.25) is 9.69 Å². The highest BCUT2D eigenvalue weighted by Gasteiger charge is 2.40. The molecule has 0 spiro atoms. The first-order valence-electron chi connectivity index (χ1n) is 9.60. The first-order chi connectivity index (χ1) is 13.7. The number of rotatable bonds is 4. The molecule has 0 bridgehead atoms. The van der Waals surface area contributed by atoms with Gasteiger partial charge < -0.3 is 19.5 Å². The Kier molecular flexibility index (Phi) is 6.67. The van der Waals surface area contributed by atoms with E-state index in [0.717, 1.165) is 24.5 Å². The molecule has 4 rings (SSSR count). The van der Waals surface area contributed by atoms with Crippen LogP contribution in [0.25, 0.3) is 0 Å². The lowest BCUT2D eigenvalue weighted by Gasteiger charge is -2.49. The molecule has 156 valence electrons. The highest BCUT2D eigenvalue weighted by atomic mass is 35.5. The maximum absolute atomic E-state index is 12.0. The molecule has 0 saturated carbocycles. The topological polar surface area (TPSA) is 62.2 Å². The van der Waals surface area contributed by atoms with Gasteiger partial charge in [0.05, 0.1) is 20.3 Å². The molecule has 1 amide bonds. The lowest BCUT2D eigenvalue weighted by atomic mass is 9.83. The molecule has 29 heavy (non-hydrogen) atoms. The zero-order valence-corrected chi connectivity index (χ0v) is 17.5. The standard InChI is InChI=1S/C22H26N2O4.ClH/c1-27-19-11-16-10-17-13-23(21(26)14-25)8-9-24(17)22(15-6-4-3-5-7-15)18(16)12-20(19)28-2;/h3-7,11-12,17,22,25H,8-10,13-14H2,1-2H3;1H. The zero-order valence-electron chi connectivity index (χ0n) is 16.7. The van der Waals surface area contributed by atoms with Gasteiger partial charge in [0.2, 0.25) is 5.91 Å². The number of methoxy groups -OCH3 is 2. The van der Waals surface area contributed by atoms with Crippen molar-refractivity contribution in [3.05, 3.63) is 59.2 Å². The third kappa shape index (κ3) is 3.92. The number of hydrogen-bond donors (Lipinski definition) is 1. The van der Waals surface area contributed by atoms with Crippen molar-refractivity contribution in [2.24, 2.45) is 0 Å². The molecule has 6 nitrogen and oxygen atoms in total. The van der Waals surface area contributed by atoms with E-state index in [4.69, 9.17) is 9.47 Å². The smallest absolute Gasteiger partial charge is 0.248 e. The Morgan fingerprint density at radius 3 is 2.45 bits per heavy atom. The van der Waals surface area contributed by atoms with Crippen molar-refractivity contribution >= 4 is 18.3 Å². The molecule has 2 atom stereocenters. The number of amides is 1. The summed E-state index contributed by atoms with van der Waals surface area (Å²) in [5, 5.41) is 9.26. The SMILES string of the molecule is COc1cc2c(cc1OC)C(c1ccccc1)N1CCN(C(=O)CO)CC1C2.Cl. The first-order valence-corrected chi connectivity index (χ1v) is 9.60. The normalized spacial score (nSPS) is 20.9. The minimum atomic E-state index is -0.434. The van der Waals surface area contributed by atoms with Crippen LogP contribution >= 0.6 is 12.4 Å². The molecule has 2 unspecified atom stereocenters. The first kappa shape index (κ1) is 21.4. The second-order valence-corrected chi connectivity index (χ2v) is 7.31. The average Bonchev–Trinajstić information content (AvgIpc) is 2.76. The van der Waals surface area contributed by atoms with Crippen LogP contribution in [0.2, 0.25) is 0 Å². The predicted octanol–water partition coefficient (Wildman–Crippen LogP) is 2.28. The largest absolute Gasteiger partial charge is 0.493 e. The molecule has 2 heterocycles. The molecule has 1 fully saturated rings. The molecule has 7 heteroatoms. The summed E-state index contributed by atoms with van der Waals surface area (Å²) in [6.07, 6.45) is 0.828. The van der Waals surface area contributed by atoms with Gasteiger partial charge in [-0.25, -0.2) is 0 Å². The van der Waals surface area contributed by atoms with Crippen LogP contribution in [0.3, 0.4) is 0 Å². The maximum Gasteiger partial charge on any atom is 0.248 e. The number of fused-ring (bicyclic) bond motifs is 2. The fourth-order valence-electron chi connectivity index (χ4n) is 4.52. The van der Waals surface area contributed by atoms with Crippen LogP contribution in [-0.4, -0.2) is 67.3 Å². The Morgan fingerprint density at radius 2 is 1.79 bits per heavy atom. The van der Waals surface area contributed by atoms with Gasteiger partial charge in [0.1, 0.15) is 6.61 Å². The van der Waals surface area contributed by atoms with E-state index in [1.807, 2.05) is 6.07 Å². The van der Waals surface area contributed by atoms with Crippen molar-refractivity contribution in [1.29, 1.82) is 0 Å². The van der Waals surface area contributed by atoms with Crippen molar-refractivity contribution in [2.75, 3.05) is 40.5 Å². The van der Waals surface area contributed by atoms with E-state index in [2.05, 4.69) is 41.3 Å². The fraction of sp³-hybridized carbons (Fsp3) is 0.409. The van der Waals surface area contributed by atoms with Gasteiger partial charge in [0.15, 0.2) is 11.5 Å². The Morgan fingerprint density at radius 1 is 1.10 bits per heavy atom. The number of nitrogens with zero attached hydrogens (tertiary/aromatic N) is 2. The number of piperazine rings is 1. The van der Waals surface area contributed by atoms with Gasteiger partial charge >= 0.3 is 0 Å². The second kappa shape index (κ2) is 9.03. The Balaban J connectivity index is 0.00000240. The molecule has 2 aliphatic heterocycles. The van der Waals surface area contributed by atoms with E-state index in [1.54, 1.807) is 19.1 Å². The molecule has 1 N–H and O–H groups in total. The molecular weight excluding hydrogens is 392 g/mol. The van der Waals surface area contributed by atoms with Gasteiger partial charge in [-0.1, -0.05) is 30.3 Å². The summed E-state index contributed by atoms with van der Waals surface area (Å²) >= 11 is 0. The van der Waals surface area contributed by atoms with Gasteiger partial charge in [-0.05, 0) is 35.2 Å². The Labute approximate surface area is 177 Å². The lowest BCUT2D eigenvalue weighted by molar-refractivity contribution is -0.137. The van der Waals surface area contributed by atoms with Crippen molar-refractivity contribution in [3.63, 3.8) is 0 Å². The summed E-state index contributed by atoms with van der Waals surface area (Å²) in [5.41, 5.74) is 3.66. The Hall–Kier alpha value is -2.28. The highest BCUT2D eigenvalue weighted by Crippen LogP contribution is 2.43. The number of ether oxygens (including phenoxy) is 2. The summed E-state index contributed by atoms with van der Waals surface area (Å²) in [5.74, 6) is 1.25. The number of carbonyl (C=O) groups is 1. The van der Waals surface area contributed by atoms with Crippen LogP contribution < -0.4 is 9.47 Å². The monoisotopic (exact) mass is 418 g/mol. The molecule has 2 aliphatic rings. The summed E-state index contributed by atoms with van der Waals surface area (Å²) in [6.45, 7) is 1.58. The quantitative estimate of drug-likeness (QED) is 0.825. The van der Waals surface area contributed by atoms with Gasteiger partial charge in [0.25, 0.3) is 0 Å². The number of hydrogen-bond acceptors (Lipinski definition) is 5. The number of aliphatic hydroxyl groups is 1.